The van der Waals surface area contributed by atoms with E-state index in [9.17, 15) is 18.8 Å². The lowest BCUT2D eigenvalue weighted by atomic mass is 9.70. The molecule has 3 amide bonds. The van der Waals surface area contributed by atoms with Crippen molar-refractivity contribution in [3.8, 4) is 0 Å². The second-order valence-corrected chi connectivity index (χ2v) is 5.21. The van der Waals surface area contributed by atoms with Crippen LogP contribution in [0.4, 0.5) is 4.39 Å². The summed E-state index contributed by atoms with van der Waals surface area (Å²) in [5.74, 6) is -1.62. The standard InChI is InChI=1S/C14H13BFN2O3/c1-15-10-5-7(16)4-8-9(10)6-18(14(8)21)11-2-3-12(19)17-13(11)20/h4-5,11H,2-3,6H2,1H3,(H,17,19,20). The predicted molar refractivity (Wildman–Crippen MR) is 73.7 cm³/mol. The normalized spacial score (nSPS) is 21.3. The highest BCUT2D eigenvalue weighted by Crippen LogP contribution is 2.26. The van der Waals surface area contributed by atoms with Gasteiger partial charge in [0.2, 0.25) is 11.8 Å². The Morgan fingerprint density at radius 1 is 1.33 bits per heavy atom. The van der Waals surface area contributed by atoms with Gasteiger partial charge in [0.05, 0.1) is 0 Å². The summed E-state index contributed by atoms with van der Waals surface area (Å²) in [6, 6.07) is 1.91. The Kier molecular flexibility index (Phi) is 3.27. The summed E-state index contributed by atoms with van der Waals surface area (Å²) in [6.07, 6.45) is 0.510. The molecule has 1 N–H and O–H groups in total. The van der Waals surface area contributed by atoms with Crippen molar-refractivity contribution in [1.29, 1.82) is 0 Å². The third kappa shape index (κ3) is 2.22. The number of imide groups is 1. The Bertz CT molecular complexity index is 662. The molecule has 1 unspecified atom stereocenters. The molecule has 0 spiro atoms. The molecule has 0 aromatic heterocycles. The number of carbonyl (C=O) groups is 3. The number of amides is 3. The first-order chi connectivity index (χ1) is 10.0. The Morgan fingerprint density at radius 3 is 2.76 bits per heavy atom. The molecular formula is C14H13BFN2O3. The van der Waals surface area contributed by atoms with Gasteiger partial charge in [-0.15, -0.1) is 0 Å². The maximum atomic E-state index is 13.6. The van der Waals surface area contributed by atoms with Gasteiger partial charge in [-0.25, -0.2) is 4.39 Å². The smallest absolute Gasteiger partial charge is 0.255 e. The highest BCUT2D eigenvalue weighted by molar-refractivity contribution is 6.53. The summed E-state index contributed by atoms with van der Waals surface area (Å²) >= 11 is 0. The Hall–Kier alpha value is -2.18. The van der Waals surface area contributed by atoms with Gasteiger partial charge < -0.3 is 4.90 Å². The van der Waals surface area contributed by atoms with Crippen molar-refractivity contribution in [2.45, 2.75) is 32.3 Å². The van der Waals surface area contributed by atoms with Gasteiger partial charge in [-0.1, -0.05) is 12.3 Å². The van der Waals surface area contributed by atoms with Crippen LogP contribution in [0.5, 0.6) is 0 Å². The number of nitrogens with one attached hydrogen (secondary N) is 1. The fourth-order valence-corrected chi connectivity index (χ4v) is 2.91. The van der Waals surface area contributed by atoms with E-state index >= 15 is 0 Å². The van der Waals surface area contributed by atoms with Crippen LogP contribution in [-0.2, 0) is 16.1 Å². The van der Waals surface area contributed by atoms with Crippen LogP contribution in [0.2, 0.25) is 6.82 Å². The molecule has 1 saturated heterocycles. The molecule has 1 aromatic rings. The molecule has 3 rings (SSSR count). The number of fused-ring (bicyclic) bond motifs is 1. The lowest BCUT2D eigenvalue weighted by molar-refractivity contribution is -0.136. The zero-order valence-corrected chi connectivity index (χ0v) is 11.5. The minimum atomic E-state index is -0.671. The summed E-state index contributed by atoms with van der Waals surface area (Å²) in [5.41, 5.74) is 1.69. The fourth-order valence-electron chi connectivity index (χ4n) is 2.91. The summed E-state index contributed by atoms with van der Waals surface area (Å²) in [5, 5.41) is 2.24. The lowest BCUT2D eigenvalue weighted by Gasteiger charge is -2.29. The SMILES string of the molecule is C[B]c1cc(F)cc2c1CN(C1CCC(=O)NC1=O)C2=O. The molecule has 1 atom stereocenters. The summed E-state index contributed by atoms with van der Waals surface area (Å²) in [7, 11) is 1.74. The van der Waals surface area contributed by atoms with Crippen LogP contribution in [-0.4, -0.2) is 35.9 Å². The molecule has 7 heteroatoms. The monoisotopic (exact) mass is 287 g/mol. The first-order valence-electron chi connectivity index (χ1n) is 6.77. The molecule has 2 aliphatic rings. The Labute approximate surface area is 121 Å². The highest BCUT2D eigenvalue weighted by Gasteiger charge is 2.39. The molecule has 107 valence electrons. The molecule has 5 nitrogen and oxygen atoms in total. The van der Waals surface area contributed by atoms with Gasteiger partial charge in [0.25, 0.3) is 5.91 Å². The summed E-state index contributed by atoms with van der Waals surface area (Å²) < 4.78 is 13.6. The Morgan fingerprint density at radius 2 is 2.10 bits per heavy atom. The van der Waals surface area contributed by atoms with E-state index in [1.165, 1.54) is 17.0 Å². The molecule has 2 heterocycles. The average Bonchev–Trinajstić information content (AvgIpc) is 2.76. The minimum absolute atomic E-state index is 0.206. The van der Waals surface area contributed by atoms with E-state index in [1.807, 2.05) is 0 Å². The van der Waals surface area contributed by atoms with Crippen LogP contribution in [0, 0.1) is 5.82 Å². The number of nitrogens with zero attached hydrogens (tertiary/aromatic N) is 1. The zero-order valence-electron chi connectivity index (χ0n) is 11.5. The maximum Gasteiger partial charge on any atom is 0.255 e. The van der Waals surface area contributed by atoms with Gasteiger partial charge >= 0.3 is 0 Å². The van der Waals surface area contributed by atoms with Gasteiger partial charge in [0.15, 0.2) is 0 Å². The van der Waals surface area contributed by atoms with Crippen LogP contribution < -0.4 is 10.8 Å². The molecule has 0 saturated carbocycles. The van der Waals surface area contributed by atoms with Crippen molar-refractivity contribution in [1.82, 2.24) is 10.2 Å². The number of carbonyl (C=O) groups excluding carboxylic acids is 3. The van der Waals surface area contributed by atoms with Crippen LogP contribution in [0.1, 0.15) is 28.8 Å². The highest BCUT2D eigenvalue weighted by atomic mass is 19.1. The third-order valence-electron chi connectivity index (χ3n) is 3.97. The van der Waals surface area contributed by atoms with E-state index in [0.717, 1.165) is 5.56 Å². The van der Waals surface area contributed by atoms with Crippen LogP contribution >= 0.6 is 0 Å². The van der Waals surface area contributed by atoms with Crippen molar-refractivity contribution < 1.29 is 18.8 Å². The second kappa shape index (κ2) is 4.98. The van der Waals surface area contributed by atoms with E-state index in [1.54, 1.807) is 14.1 Å². The molecule has 0 bridgehead atoms. The van der Waals surface area contributed by atoms with E-state index in [2.05, 4.69) is 5.32 Å². The number of hydrogen-bond acceptors (Lipinski definition) is 3. The van der Waals surface area contributed by atoms with Gasteiger partial charge in [0.1, 0.15) is 19.1 Å². The van der Waals surface area contributed by atoms with E-state index < -0.39 is 17.8 Å². The molecule has 2 aliphatic heterocycles. The molecule has 1 aromatic carbocycles. The topological polar surface area (TPSA) is 66.5 Å². The number of rotatable bonds is 2. The van der Waals surface area contributed by atoms with Crippen molar-refractivity contribution in [2.75, 3.05) is 0 Å². The lowest BCUT2D eigenvalue weighted by Crippen LogP contribution is -2.52. The quantitative estimate of drug-likeness (QED) is 0.613. The predicted octanol–water partition coefficient (Wildman–Crippen LogP) is -0.0357. The molecular weight excluding hydrogens is 274 g/mol. The first-order valence-corrected chi connectivity index (χ1v) is 6.77. The number of benzene rings is 1. The number of halogens is 1. The van der Waals surface area contributed by atoms with Crippen molar-refractivity contribution >= 4 is 30.5 Å². The Balaban J connectivity index is 1.93. The third-order valence-corrected chi connectivity index (χ3v) is 3.97. The molecule has 1 radical (unpaired) electrons. The van der Waals surface area contributed by atoms with Crippen molar-refractivity contribution in [3.05, 3.63) is 29.1 Å². The average molecular weight is 287 g/mol. The molecule has 1 fully saturated rings. The van der Waals surface area contributed by atoms with Gasteiger partial charge in [-0.05, 0) is 24.1 Å². The van der Waals surface area contributed by atoms with E-state index in [0.29, 0.717) is 17.4 Å². The van der Waals surface area contributed by atoms with Crippen molar-refractivity contribution in [2.24, 2.45) is 0 Å². The number of hydrogen-bond donors (Lipinski definition) is 1. The van der Waals surface area contributed by atoms with Crippen LogP contribution in [0.15, 0.2) is 12.1 Å². The van der Waals surface area contributed by atoms with E-state index in [4.69, 9.17) is 0 Å². The van der Waals surface area contributed by atoms with E-state index in [-0.39, 0.29) is 24.8 Å². The maximum absolute atomic E-state index is 13.6. The first kappa shape index (κ1) is 13.8. The summed E-state index contributed by atoms with van der Waals surface area (Å²) in [6.45, 7) is 2.04. The fraction of sp³-hybridized carbons (Fsp3) is 0.357. The van der Waals surface area contributed by atoms with Crippen LogP contribution in [0.25, 0.3) is 0 Å². The van der Waals surface area contributed by atoms with Crippen LogP contribution in [0.3, 0.4) is 0 Å². The van der Waals surface area contributed by atoms with Gasteiger partial charge in [-0.3, -0.25) is 19.7 Å². The molecule has 0 aliphatic carbocycles. The molecule has 21 heavy (non-hydrogen) atoms. The zero-order chi connectivity index (χ0) is 15.1. The second-order valence-electron chi connectivity index (χ2n) is 5.21. The largest absolute Gasteiger partial charge is 0.322 e. The van der Waals surface area contributed by atoms with Gasteiger partial charge in [-0.2, -0.15) is 0 Å². The minimum Gasteiger partial charge on any atom is -0.322 e. The number of piperidine rings is 1. The summed E-state index contributed by atoms with van der Waals surface area (Å²) in [4.78, 5) is 36.9. The van der Waals surface area contributed by atoms with Crippen molar-refractivity contribution in [3.63, 3.8) is 0 Å². The van der Waals surface area contributed by atoms with Gasteiger partial charge in [0, 0.05) is 18.5 Å².